The molecule has 1 aliphatic carbocycles. The number of methoxy groups -OCH3 is 1. The van der Waals surface area contributed by atoms with E-state index in [9.17, 15) is 19.5 Å². The summed E-state index contributed by atoms with van der Waals surface area (Å²) in [5.74, 6) is -0.879. The van der Waals surface area contributed by atoms with E-state index in [0.717, 1.165) is 25.7 Å². The monoisotopic (exact) mass is 355 g/mol. The van der Waals surface area contributed by atoms with Gasteiger partial charge < -0.3 is 25.4 Å². The number of likely N-dealkylation sites (tertiary alicyclic amines) is 1. The number of aliphatic hydroxyl groups excluding tert-OH is 1. The summed E-state index contributed by atoms with van der Waals surface area (Å²) < 4.78 is 4.70. The van der Waals surface area contributed by atoms with Crippen molar-refractivity contribution >= 4 is 17.9 Å². The molecule has 0 aromatic rings. The van der Waals surface area contributed by atoms with Gasteiger partial charge in [0.25, 0.3) is 0 Å². The molecule has 2 fully saturated rings. The summed E-state index contributed by atoms with van der Waals surface area (Å²) in [5, 5.41) is 15.6. The van der Waals surface area contributed by atoms with Crippen LogP contribution in [-0.2, 0) is 14.3 Å². The molecule has 8 heteroatoms. The van der Waals surface area contributed by atoms with E-state index in [1.54, 1.807) is 0 Å². The van der Waals surface area contributed by atoms with Crippen LogP contribution in [0, 0.1) is 0 Å². The Bertz CT molecular complexity index is 479. The van der Waals surface area contributed by atoms with Gasteiger partial charge in [-0.05, 0) is 25.7 Å². The summed E-state index contributed by atoms with van der Waals surface area (Å²) in [6.07, 6.45) is 5.76. The van der Waals surface area contributed by atoms with Crippen molar-refractivity contribution in [2.45, 2.75) is 69.6 Å². The molecular weight excluding hydrogens is 326 g/mol. The molecule has 1 saturated carbocycles. The number of nitrogens with one attached hydrogen (secondary N) is 2. The van der Waals surface area contributed by atoms with Gasteiger partial charge in [0.15, 0.2) is 6.04 Å². The number of hydrogen-bond acceptors (Lipinski definition) is 5. The van der Waals surface area contributed by atoms with Gasteiger partial charge in [0.05, 0.1) is 13.2 Å². The standard InChI is InChI=1S/C17H29N3O5/c1-25-16(23)15-13(21)8-5-11-20(15)14(22)9-10-18-17(24)19-12-6-3-2-4-7-12/h12-13,15,21H,2-11H2,1H3,(H2,18,19,24)/t13-,15+/m0/s1. The lowest BCUT2D eigenvalue weighted by molar-refractivity contribution is -0.161. The highest BCUT2D eigenvalue weighted by Crippen LogP contribution is 2.20. The molecule has 3 N–H and O–H groups in total. The third-order valence-corrected chi connectivity index (χ3v) is 4.93. The van der Waals surface area contributed by atoms with Crippen molar-refractivity contribution in [2.24, 2.45) is 0 Å². The fourth-order valence-electron chi connectivity index (χ4n) is 3.57. The van der Waals surface area contributed by atoms with Gasteiger partial charge in [0.1, 0.15) is 0 Å². The van der Waals surface area contributed by atoms with Crippen molar-refractivity contribution in [3.8, 4) is 0 Å². The summed E-state index contributed by atoms with van der Waals surface area (Å²) in [5.41, 5.74) is 0. The van der Waals surface area contributed by atoms with Crippen LogP contribution in [-0.4, -0.2) is 66.3 Å². The Morgan fingerprint density at radius 1 is 1.12 bits per heavy atom. The van der Waals surface area contributed by atoms with Crippen molar-refractivity contribution in [3.63, 3.8) is 0 Å². The maximum atomic E-state index is 12.4. The normalized spacial score (nSPS) is 24.5. The lowest BCUT2D eigenvalue weighted by atomic mass is 9.96. The van der Waals surface area contributed by atoms with Crippen LogP contribution >= 0.6 is 0 Å². The number of ether oxygens (including phenoxy) is 1. The molecule has 1 saturated heterocycles. The largest absolute Gasteiger partial charge is 0.467 e. The van der Waals surface area contributed by atoms with E-state index < -0.39 is 18.1 Å². The van der Waals surface area contributed by atoms with Crippen LogP contribution in [0.2, 0.25) is 0 Å². The summed E-state index contributed by atoms with van der Waals surface area (Å²) >= 11 is 0. The molecule has 2 rings (SSSR count). The lowest BCUT2D eigenvalue weighted by Gasteiger charge is -2.37. The van der Waals surface area contributed by atoms with Crippen molar-refractivity contribution in [1.29, 1.82) is 0 Å². The number of carbonyl (C=O) groups is 3. The highest BCUT2D eigenvalue weighted by Gasteiger charge is 2.38. The quantitative estimate of drug-likeness (QED) is 0.624. The number of rotatable bonds is 5. The summed E-state index contributed by atoms with van der Waals surface area (Å²) in [6, 6.07) is -1.00. The van der Waals surface area contributed by atoms with E-state index in [1.807, 2.05) is 0 Å². The second kappa shape index (κ2) is 9.60. The number of urea groups is 1. The SMILES string of the molecule is COC(=O)[C@H]1[C@@H](O)CCCN1C(=O)CCNC(=O)NC1CCCCC1. The Labute approximate surface area is 148 Å². The zero-order chi connectivity index (χ0) is 18.2. The Morgan fingerprint density at radius 3 is 2.52 bits per heavy atom. The molecule has 2 atom stereocenters. The second-order valence-corrected chi connectivity index (χ2v) is 6.75. The molecular formula is C17H29N3O5. The van der Waals surface area contributed by atoms with Crippen molar-refractivity contribution in [2.75, 3.05) is 20.2 Å². The molecule has 0 spiro atoms. The molecule has 3 amide bonds. The molecule has 1 heterocycles. The van der Waals surface area contributed by atoms with Crippen molar-refractivity contribution < 1.29 is 24.2 Å². The number of nitrogens with zero attached hydrogens (tertiary/aromatic N) is 1. The minimum atomic E-state index is -0.956. The van der Waals surface area contributed by atoms with Gasteiger partial charge in [-0.1, -0.05) is 19.3 Å². The smallest absolute Gasteiger partial charge is 0.331 e. The zero-order valence-electron chi connectivity index (χ0n) is 14.8. The van der Waals surface area contributed by atoms with Gasteiger partial charge >= 0.3 is 12.0 Å². The second-order valence-electron chi connectivity index (χ2n) is 6.75. The van der Waals surface area contributed by atoms with Crippen LogP contribution in [0.5, 0.6) is 0 Å². The van der Waals surface area contributed by atoms with Crippen LogP contribution in [0.1, 0.15) is 51.4 Å². The highest BCUT2D eigenvalue weighted by molar-refractivity contribution is 5.85. The summed E-state index contributed by atoms with van der Waals surface area (Å²) in [7, 11) is 1.24. The van der Waals surface area contributed by atoms with Gasteiger partial charge in [-0.15, -0.1) is 0 Å². The van der Waals surface area contributed by atoms with Crippen LogP contribution in [0.4, 0.5) is 4.79 Å². The Hall–Kier alpha value is -1.83. The number of piperidine rings is 1. The first-order valence-electron chi connectivity index (χ1n) is 9.12. The van der Waals surface area contributed by atoms with Crippen LogP contribution < -0.4 is 10.6 Å². The molecule has 0 bridgehead atoms. The molecule has 8 nitrogen and oxygen atoms in total. The predicted octanol–water partition coefficient (Wildman–Crippen LogP) is 0.533. The van der Waals surface area contributed by atoms with Crippen LogP contribution in [0.25, 0.3) is 0 Å². The third-order valence-electron chi connectivity index (χ3n) is 4.93. The summed E-state index contributed by atoms with van der Waals surface area (Å²) in [6.45, 7) is 0.599. The lowest BCUT2D eigenvalue weighted by Crippen LogP contribution is -2.55. The molecule has 0 aromatic carbocycles. The van der Waals surface area contributed by atoms with Gasteiger partial charge in [-0.3, -0.25) is 4.79 Å². The van der Waals surface area contributed by atoms with Gasteiger partial charge in [0.2, 0.25) is 5.91 Å². The van der Waals surface area contributed by atoms with E-state index in [0.29, 0.717) is 19.4 Å². The van der Waals surface area contributed by atoms with Gasteiger partial charge in [0, 0.05) is 25.6 Å². The summed E-state index contributed by atoms with van der Waals surface area (Å²) in [4.78, 5) is 37.5. The number of amides is 3. The predicted molar refractivity (Wildman–Crippen MR) is 90.8 cm³/mol. The molecule has 0 radical (unpaired) electrons. The first-order valence-corrected chi connectivity index (χ1v) is 9.12. The minimum Gasteiger partial charge on any atom is -0.467 e. The van der Waals surface area contributed by atoms with Crippen LogP contribution in [0.3, 0.4) is 0 Å². The number of hydrogen-bond donors (Lipinski definition) is 3. The van der Waals surface area contributed by atoms with E-state index in [-0.39, 0.29) is 30.9 Å². The zero-order valence-corrected chi connectivity index (χ0v) is 14.8. The maximum Gasteiger partial charge on any atom is 0.331 e. The maximum absolute atomic E-state index is 12.4. The minimum absolute atomic E-state index is 0.0816. The van der Waals surface area contributed by atoms with Crippen LogP contribution in [0.15, 0.2) is 0 Å². The fraction of sp³-hybridized carbons (Fsp3) is 0.824. The Balaban J connectivity index is 1.76. The molecule has 25 heavy (non-hydrogen) atoms. The van der Waals surface area contributed by atoms with E-state index in [4.69, 9.17) is 4.74 Å². The fourth-order valence-corrected chi connectivity index (χ4v) is 3.57. The van der Waals surface area contributed by atoms with Gasteiger partial charge in [-0.2, -0.15) is 0 Å². The topological polar surface area (TPSA) is 108 Å². The van der Waals surface area contributed by atoms with Gasteiger partial charge in [-0.25, -0.2) is 9.59 Å². The first-order chi connectivity index (χ1) is 12.0. The Morgan fingerprint density at radius 2 is 1.84 bits per heavy atom. The highest BCUT2D eigenvalue weighted by atomic mass is 16.5. The molecule has 0 unspecified atom stereocenters. The first kappa shape index (κ1) is 19.5. The third kappa shape index (κ3) is 5.59. The molecule has 142 valence electrons. The number of aliphatic hydroxyl groups is 1. The van der Waals surface area contributed by atoms with Crippen molar-refractivity contribution in [3.05, 3.63) is 0 Å². The molecule has 2 aliphatic rings. The average molecular weight is 355 g/mol. The molecule has 1 aliphatic heterocycles. The van der Waals surface area contributed by atoms with E-state index in [2.05, 4.69) is 10.6 Å². The average Bonchev–Trinajstić information content (AvgIpc) is 2.61. The number of carbonyl (C=O) groups excluding carboxylic acids is 3. The number of esters is 1. The Kier molecular flexibility index (Phi) is 7.49. The molecule has 0 aromatic heterocycles. The van der Waals surface area contributed by atoms with Crippen molar-refractivity contribution in [1.82, 2.24) is 15.5 Å². The van der Waals surface area contributed by atoms with E-state index in [1.165, 1.54) is 18.4 Å². The van der Waals surface area contributed by atoms with E-state index >= 15 is 0 Å².